The van der Waals surface area contributed by atoms with Gasteiger partial charge in [-0.1, -0.05) is 6.92 Å². The van der Waals surface area contributed by atoms with E-state index in [0.29, 0.717) is 0 Å². The fraction of sp³-hybridized carbons (Fsp3) is 0.800. The third-order valence-corrected chi connectivity index (χ3v) is 3.42. The van der Waals surface area contributed by atoms with Crippen molar-refractivity contribution < 1.29 is 8.91 Å². The lowest BCUT2D eigenvalue weighted by Gasteiger charge is -2.08. The van der Waals surface area contributed by atoms with Gasteiger partial charge in [-0.25, -0.2) is 0 Å². The molecule has 0 aliphatic carbocycles. The average Bonchev–Trinajstić information content (AvgIpc) is 1.89. The summed E-state index contributed by atoms with van der Waals surface area (Å²) in [6.45, 7) is 4.57. The van der Waals surface area contributed by atoms with Gasteiger partial charge < -0.3 is 9.43 Å². The highest BCUT2D eigenvalue weighted by Gasteiger charge is 2.10. The van der Waals surface area contributed by atoms with Gasteiger partial charge in [-0.2, -0.15) is 0 Å². The summed E-state index contributed by atoms with van der Waals surface area (Å²) in [4.78, 5) is 11.0. The lowest BCUT2D eigenvalue weighted by Crippen LogP contribution is -2.29. The molecular formula is C5H15NO2Si2. The van der Waals surface area contributed by atoms with E-state index >= 15 is 0 Å². The maximum absolute atomic E-state index is 11.0. The van der Waals surface area contributed by atoms with Gasteiger partial charge in [0, 0.05) is 12.1 Å². The predicted molar refractivity (Wildman–Crippen MR) is 47.7 cm³/mol. The van der Waals surface area contributed by atoms with Gasteiger partial charge in [-0.3, -0.25) is 4.79 Å². The highest BCUT2D eigenvalue weighted by molar-refractivity contribution is 6.41. The second-order valence-electron chi connectivity index (χ2n) is 2.25. The van der Waals surface area contributed by atoms with Crippen LogP contribution in [0.1, 0.15) is 13.8 Å². The van der Waals surface area contributed by atoms with Crippen molar-refractivity contribution in [2.75, 3.05) is 6.54 Å². The van der Waals surface area contributed by atoms with Crippen LogP contribution in [0.3, 0.4) is 0 Å². The molecule has 0 rings (SSSR count). The van der Waals surface area contributed by atoms with Crippen LogP contribution in [0.5, 0.6) is 0 Å². The molecule has 0 aromatic heterocycles. The maximum Gasteiger partial charge on any atom is 0.221 e. The lowest BCUT2D eigenvalue weighted by atomic mass is 10.4. The molecule has 1 N–H and O–H groups in total. The Balaban J connectivity index is 3.49. The highest BCUT2D eigenvalue weighted by atomic mass is 28.3. The molecule has 0 fully saturated rings. The van der Waals surface area contributed by atoms with E-state index in [-0.39, 0.29) is 11.4 Å². The molecule has 0 aliphatic rings. The first-order valence-electron chi connectivity index (χ1n) is 3.49. The van der Waals surface area contributed by atoms with Gasteiger partial charge in [-0.05, 0) is 6.92 Å². The van der Waals surface area contributed by atoms with Crippen molar-refractivity contribution in [1.82, 2.24) is 5.32 Å². The third kappa shape index (κ3) is 3.81. The Bertz CT molecular complexity index is 110. The van der Waals surface area contributed by atoms with Crippen LogP contribution in [0.2, 0.25) is 5.54 Å². The monoisotopic (exact) mass is 177 g/mol. The van der Waals surface area contributed by atoms with Crippen LogP contribution < -0.4 is 5.32 Å². The summed E-state index contributed by atoms with van der Waals surface area (Å²) in [5.74, 6) is 0.144. The van der Waals surface area contributed by atoms with Gasteiger partial charge in [-0.15, -0.1) is 0 Å². The van der Waals surface area contributed by atoms with Crippen molar-refractivity contribution in [2.24, 2.45) is 0 Å². The van der Waals surface area contributed by atoms with E-state index in [1.807, 2.05) is 13.8 Å². The fourth-order valence-electron chi connectivity index (χ4n) is 0.674. The summed E-state index contributed by atoms with van der Waals surface area (Å²) in [5.41, 5.74) is 0.137. The number of amides is 1. The largest absolute Gasteiger partial charge is 0.467 e. The zero-order valence-electron chi connectivity index (χ0n) is 6.81. The normalized spacial score (nSPS) is 14.2. The topological polar surface area (TPSA) is 38.3 Å². The predicted octanol–water partition coefficient (Wildman–Crippen LogP) is -1.69. The van der Waals surface area contributed by atoms with E-state index in [1.54, 1.807) is 0 Å². The minimum absolute atomic E-state index is 0.137. The summed E-state index contributed by atoms with van der Waals surface area (Å²) >= 11 is 0. The van der Waals surface area contributed by atoms with Crippen LogP contribution in [-0.2, 0) is 8.91 Å². The summed E-state index contributed by atoms with van der Waals surface area (Å²) in [7, 11) is 0.196. The first-order chi connectivity index (χ1) is 4.72. The molecule has 1 unspecified atom stereocenters. The van der Waals surface area contributed by atoms with Crippen LogP contribution in [0.4, 0.5) is 0 Å². The molecule has 0 bridgehead atoms. The molecule has 60 valence electrons. The quantitative estimate of drug-likeness (QED) is 0.521. The van der Waals surface area contributed by atoms with E-state index < -0.39 is 9.76 Å². The third-order valence-electron chi connectivity index (χ3n) is 1.22. The Morgan fingerprint density at radius 2 is 2.50 bits per heavy atom. The van der Waals surface area contributed by atoms with Crippen LogP contribution in [0.15, 0.2) is 0 Å². The van der Waals surface area contributed by atoms with Crippen molar-refractivity contribution in [3.8, 4) is 0 Å². The molecule has 3 nitrogen and oxygen atoms in total. The van der Waals surface area contributed by atoms with E-state index in [9.17, 15) is 4.79 Å². The molecule has 0 spiro atoms. The van der Waals surface area contributed by atoms with Crippen molar-refractivity contribution in [1.29, 1.82) is 0 Å². The van der Waals surface area contributed by atoms with Crippen LogP contribution in [0.25, 0.3) is 0 Å². The van der Waals surface area contributed by atoms with Crippen LogP contribution in [0, 0.1) is 0 Å². The van der Waals surface area contributed by atoms with Gasteiger partial charge in [0.1, 0.15) is 10.5 Å². The number of carbonyl (C=O) groups excluding carboxylic acids is 1. The second kappa shape index (κ2) is 5.63. The Hall–Kier alpha value is -0.136. The Morgan fingerprint density at radius 3 is 2.90 bits per heavy atom. The lowest BCUT2D eigenvalue weighted by molar-refractivity contribution is -0.120. The Labute approximate surface area is 67.0 Å². The maximum atomic E-state index is 11.0. The molecule has 0 aromatic carbocycles. The summed E-state index contributed by atoms with van der Waals surface area (Å²) in [5, 5.41) is 2.76. The smallest absolute Gasteiger partial charge is 0.221 e. The van der Waals surface area contributed by atoms with E-state index in [2.05, 4.69) is 5.32 Å². The minimum atomic E-state index is -0.572. The molecule has 0 saturated carbocycles. The molecular weight excluding hydrogens is 162 g/mol. The summed E-state index contributed by atoms with van der Waals surface area (Å²) < 4.78 is 5.09. The Kier molecular flexibility index (Phi) is 5.56. The molecule has 0 heterocycles. The van der Waals surface area contributed by atoms with Crippen LogP contribution >= 0.6 is 0 Å². The number of hydrogen-bond donors (Lipinski definition) is 1. The van der Waals surface area contributed by atoms with Gasteiger partial charge in [0.25, 0.3) is 0 Å². The molecule has 10 heavy (non-hydrogen) atoms. The molecule has 0 aliphatic heterocycles. The van der Waals surface area contributed by atoms with Crippen molar-refractivity contribution >= 4 is 26.2 Å². The summed E-state index contributed by atoms with van der Waals surface area (Å²) in [6, 6.07) is 0. The highest BCUT2D eigenvalue weighted by Crippen LogP contribution is 1.98. The van der Waals surface area contributed by atoms with Gasteiger partial charge in [0.2, 0.25) is 5.91 Å². The molecule has 0 saturated heterocycles. The minimum Gasteiger partial charge on any atom is -0.467 e. The number of rotatable bonds is 4. The number of hydrogen-bond acceptors (Lipinski definition) is 2. The fourth-order valence-corrected chi connectivity index (χ4v) is 2.97. The van der Waals surface area contributed by atoms with E-state index in [4.69, 9.17) is 4.12 Å². The second-order valence-corrected chi connectivity index (χ2v) is 6.12. The van der Waals surface area contributed by atoms with Crippen molar-refractivity contribution in [3.63, 3.8) is 0 Å². The Morgan fingerprint density at radius 1 is 1.90 bits per heavy atom. The SMILES string of the molecule is CCNC(=O)C(C)[SiH2]O[SiH3]. The first-order valence-corrected chi connectivity index (χ1v) is 5.70. The van der Waals surface area contributed by atoms with Crippen LogP contribution in [-0.4, -0.2) is 32.7 Å². The zero-order chi connectivity index (χ0) is 7.98. The summed E-state index contributed by atoms with van der Waals surface area (Å²) in [6.07, 6.45) is 0. The molecule has 0 aromatic rings. The molecule has 5 heteroatoms. The van der Waals surface area contributed by atoms with Gasteiger partial charge >= 0.3 is 0 Å². The molecule has 1 atom stereocenters. The van der Waals surface area contributed by atoms with Crippen molar-refractivity contribution in [2.45, 2.75) is 19.4 Å². The van der Waals surface area contributed by atoms with Crippen molar-refractivity contribution in [3.05, 3.63) is 0 Å². The van der Waals surface area contributed by atoms with Gasteiger partial charge in [0.05, 0.1) is 0 Å². The zero-order valence-corrected chi connectivity index (χ0v) is 10.2. The number of carbonyl (C=O) groups is 1. The average molecular weight is 177 g/mol. The number of nitrogens with one attached hydrogen (secondary N) is 1. The molecule has 1 amide bonds. The standard InChI is InChI=1S/C5H15NO2Si2/c1-3-6-5(7)4(2)10-8-9/h4H,3,10H2,1-2,9H3,(H,6,7). The van der Waals surface area contributed by atoms with E-state index in [1.165, 1.54) is 0 Å². The molecule has 0 radical (unpaired) electrons. The van der Waals surface area contributed by atoms with Gasteiger partial charge in [0.15, 0.2) is 9.76 Å². The first kappa shape index (κ1) is 9.86. The van der Waals surface area contributed by atoms with E-state index in [0.717, 1.165) is 17.0 Å².